The molecule has 0 bridgehead atoms. The fraction of sp³-hybridized carbons (Fsp3) is 0.462. The number of hydrogen-bond acceptors (Lipinski definition) is 4. The van der Waals surface area contributed by atoms with Gasteiger partial charge in [0.15, 0.2) is 5.72 Å². The van der Waals surface area contributed by atoms with Gasteiger partial charge in [0, 0.05) is 11.3 Å². The van der Waals surface area contributed by atoms with Crippen LogP contribution >= 0.6 is 11.8 Å². The Morgan fingerprint density at radius 1 is 1.39 bits per heavy atom. The second-order valence-electron chi connectivity index (χ2n) is 4.92. The van der Waals surface area contributed by atoms with Crippen LogP contribution in [0.25, 0.3) is 0 Å². The van der Waals surface area contributed by atoms with Gasteiger partial charge in [-0.25, -0.2) is 0 Å². The lowest BCUT2D eigenvalue weighted by Crippen LogP contribution is -2.63. The van der Waals surface area contributed by atoms with Crippen molar-refractivity contribution in [2.24, 2.45) is 0 Å². The summed E-state index contributed by atoms with van der Waals surface area (Å²) in [5.41, 5.74) is -1.14. The number of carbonyl (C=O) groups is 1. The second kappa shape index (κ2) is 4.57. The van der Waals surface area contributed by atoms with Crippen molar-refractivity contribution in [3.63, 3.8) is 0 Å². The van der Waals surface area contributed by atoms with Gasteiger partial charge in [-0.2, -0.15) is 0 Å². The average molecular weight is 267 g/mol. The van der Waals surface area contributed by atoms with E-state index in [4.69, 9.17) is 0 Å². The molecule has 0 spiro atoms. The van der Waals surface area contributed by atoms with Crippen molar-refractivity contribution in [1.29, 1.82) is 0 Å². The zero-order valence-electron chi connectivity index (χ0n) is 10.4. The van der Waals surface area contributed by atoms with E-state index < -0.39 is 16.6 Å². The first-order valence-corrected chi connectivity index (χ1v) is 6.77. The van der Waals surface area contributed by atoms with Crippen molar-refractivity contribution in [3.8, 4) is 0 Å². The maximum absolute atomic E-state index is 12.0. The van der Waals surface area contributed by atoms with Gasteiger partial charge in [0.05, 0.1) is 4.75 Å². The predicted molar refractivity (Wildman–Crippen MR) is 71.4 cm³/mol. The lowest BCUT2D eigenvalue weighted by Gasteiger charge is -2.38. The Balaban J connectivity index is 2.21. The minimum absolute atomic E-state index is 0.382. The highest BCUT2D eigenvalue weighted by molar-refractivity contribution is 8.01. The van der Waals surface area contributed by atoms with Crippen LogP contribution < -0.4 is 5.32 Å². The van der Waals surface area contributed by atoms with Gasteiger partial charge < -0.3 is 15.5 Å². The van der Waals surface area contributed by atoms with Crippen molar-refractivity contribution in [2.75, 3.05) is 5.75 Å². The normalized spacial score (nSPS) is 30.1. The van der Waals surface area contributed by atoms with Crippen molar-refractivity contribution in [1.82, 2.24) is 5.32 Å². The number of carbonyl (C=O) groups excluding carboxylic acids is 1. The van der Waals surface area contributed by atoms with E-state index in [0.29, 0.717) is 11.3 Å². The zero-order valence-corrected chi connectivity index (χ0v) is 11.2. The molecule has 2 rings (SSSR count). The summed E-state index contributed by atoms with van der Waals surface area (Å²) in [4.78, 5) is 12.0. The molecule has 1 unspecified atom stereocenters. The van der Waals surface area contributed by atoms with Crippen LogP contribution in [-0.4, -0.2) is 38.4 Å². The Bertz CT molecular complexity index is 449. The van der Waals surface area contributed by atoms with Crippen molar-refractivity contribution < 1.29 is 15.0 Å². The molecule has 1 heterocycles. The number of amides is 1. The van der Waals surface area contributed by atoms with Crippen LogP contribution in [0.5, 0.6) is 0 Å². The molecule has 1 aliphatic heterocycles. The minimum atomic E-state index is -1.61. The van der Waals surface area contributed by atoms with Gasteiger partial charge in [0.25, 0.3) is 5.91 Å². The quantitative estimate of drug-likeness (QED) is 0.699. The lowest BCUT2D eigenvalue weighted by atomic mass is 9.93. The highest BCUT2D eigenvalue weighted by Gasteiger charge is 2.55. The molecule has 2 atom stereocenters. The molecule has 1 aliphatic rings. The average Bonchev–Trinajstić information content (AvgIpc) is 2.54. The standard InChI is InChI=1S/C13H17NO3S/c1-12(2)13(17,10(15)8-18-12)14-11(16)9-6-4-3-5-7-9/h3-7,10,15,17H,8H2,1-2H3,(H,14,16)/t10?,13-/m1/s1. The molecule has 1 fully saturated rings. The highest BCUT2D eigenvalue weighted by atomic mass is 32.2. The largest absolute Gasteiger partial charge is 0.387 e. The Labute approximate surface area is 110 Å². The molecule has 4 nitrogen and oxygen atoms in total. The Morgan fingerprint density at radius 3 is 2.50 bits per heavy atom. The third-order valence-corrected chi connectivity index (χ3v) is 4.86. The first-order chi connectivity index (χ1) is 8.37. The second-order valence-corrected chi connectivity index (χ2v) is 6.57. The lowest BCUT2D eigenvalue weighted by molar-refractivity contribution is -0.0914. The Kier molecular flexibility index (Phi) is 3.40. The van der Waals surface area contributed by atoms with Crippen LogP contribution in [0.1, 0.15) is 24.2 Å². The van der Waals surface area contributed by atoms with E-state index in [1.165, 1.54) is 11.8 Å². The van der Waals surface area contributed by atoms with Crippen LogP contribution in [-0.2, 0) is 0 Å². The van der Waals surface area contributed by atoms with E-state index >= 15 is 0 Å². The summed E-state index contributed by atoms with van der Waals surface area (Å²) in [6, 6.07) is 8.66. The molecule has 1 aromatic carbocycles. The molecule has 0 saturated carbocycles. The summed E-state index contributed by atoms with van der Waals surface area (Å²) < 4.78 is -0.628. The molecule has 0 aromatic heterocycles. The zero-order chi connectivity index (χ0) is 13.4. The molecule has 1 aromatic rings. The monoisotopic (exact) mass is 267 g/mol. The summed E-state index contributed by atoms with van der Waals surface area (Å²) in [5.74, 6) is 0.0196. The molecule has 5 heteroatoms. The molecule has 1 amide bonds. The first-order valence-electron chi connectivity index (χ1n) is 5.79. The fourth-order valence-corrected chi connectivity index (χ4v) is 3.21. The summed E-state index contributed by atoms with van der Waals surface area (Å²) in [6.07, 6.45) is -0.967. The molecule has 98 valence electrons. The summed E-state index contributed by atoms with van der Waals surface area (Å²) in [7, 11) is 0. The maximum Gasteiger partial charge on any atom is 0.253 e. The van der Waals surface area contributed by atoms with E-state index in [-0.39, 0.29) is 5.91 Å². The minimum Gasteiger partial charge on any atom is -0.387 e. The maximum atomic E-state index is 12.0. The summed E-state index contributed by atoms with van der Waals surface area (Å²) >= 11 is 1.44. The Morgan fingerprint density at radius 2 is 2.00 bits per heavy atom. The number of thioether (sulfide) groups is 1. The van der Waals surface area contributed by atoms with Gasteiger partial charge >= 0.3 is 0 Å². The van der Waals surface area contributed by atoms with Crippen molar-refractivity contribution >= 4 is 17.7 Å². The van der Waals surface area contributed by atoms with Crippen molar-refractivity contribution in [2.45, 2.75) is 30.4 Å². The molecular formula is C13H17NO3S. The number of rotatable bonds is 2. The molecule has 1 saturated heterocycles. The molecule has 3 N–H and O–H groups in total. The first kappa shape index (κ1) is 13.4. The SMILES string of the molecule is CC1(C)SCC(O)[C@]1(O)NC(=O)c1ccccc1. The van der Waals surface area contributed by atoms with Gasteiger partial charge in [-0.3, -0.25) is 4.79 Å². The summed E-state index contributed by atoms with van der Waals surface area (Å²) in [5, 5.41) is 23.0. The van der Waals surface area contributed by atoms with Gasteiger partial charge in [0.1, 0.15) is 6.10 Å². The summed E-state index contributed by atoms with van der Waals surface area (Å²) in [6.45, 7) is 3.61. The number of aliphatic hydroxyl groups excluding tert-OH is 1. The highest BCUT2D eigenvalue weighted by Crippen LogP contribution is 2.44. The number of nitrogens with one attached hydrogen (secondary N) is 1. The number of hydrogen-bond donors (Lipinski definition) is 3. The van der Waals surface area contributed by atoms with Gasteiger partial charge in [0.2, 0.25) is 0 Å². The van der Waals surface area contributed by atoms with E-state index in [1.54, 1.807) is 38.1 Å². The van der Waals surface area contributed by atoms with Gasteiger partial charge in [-0.05, 0) is 26.0 Å². The topological polar surface area (TPSA) is 69.6 Å². The molecular weight excluding hydrogens is 250 g/mol. The van der Waals surface area contributed by atoms with E-state index in [1.807, 2.05) is 6.07 Å². The van der Waals surface area contributed by atoms with Crippen LogP contribution in [0, 0.1) is 0 Å². The van der Waals surface area contributed by atoms with Crippen LogP contribution in [0.4, 0.5) is 0 Å². The van der Waals surface area contributed by atoms with E-state index in [9.17, 15) is 15.0 Å². The van der Waals surface area contributed by atoms with Crippen molar-refractivity contribution in [3.05, 3.63) is 35.9 Å². The van der Waals surface area contributed by atoms with Crippen LogP contribution in [0.2, 0.25) is 0 Å². The molecule has 0 aliphatic carbocycles. The Hall–Kier alpha value is -1.04. The molecule has 18 heavy (non-hydrogen) atoms. The van der Waals surface area contributed by atoms with Gasteiger partial charge in [-0.15, -0.1) is 11.8 Å². The van der Waals surface area contributed by atoms with Gasteiger partial charge in [-0.1, -0.05) is 18.2 Å². The fourth-order valence-electron chi connectivity index (χ4n) is 1.99. The molecule has 0 radical (unpaired) electrons. The van der Waals surface area contributed by atoms with E-state index in [0.717, 1.165) is 0 Å². The third kappa shape index (κ3) is 2.13. The van der Waals surface area contributed by atoms with Crippen LogP contribution in [0.3, 0.4) is 0 Å². The predicted octanol–water partition coefficient (Wildman–Crippen LogP) is 0.991. The smallest absolute Gasteiger partial charge is 0.253 e. The number of aliphatic hydroxyl groups is 2. The number of benzene rings is 1. The van der Waals surface area contributed by atoms with E-state index in [2.05, 4.69) is 5.32 Å². The third-order valence-electron chi connectivity index (χ3n) is 3.34. The van der Waals surface area contributed by atoms with Crippen LogP contribution in [0.15, 0.2) is 30.3 Å².